The molecule has 4 rings (SSSR count). The molecule has 1 saturated heterocycles. The standard InChI is InChI=1S/C21H17N3O3/c1-13-3-2-4-16-17(11-12-22-20(13)16)23-21(27)14-5-7-15(8-6-14)24-18(25)9-10-19(24)26/h2-8,11-12H,9-10H2,1H3,(H,22,23,27). The molecule has 0 radical (unpaired) electrons. The van der Waals surface area contributed by atoms with E-state index in [1.165, 1.54) is 4.90 Å². The number of hydrogen-bond acceptors (Lipinski definition) is 4. The van der Waals surface area contributed by atoms with Gasteiger partial charge in [0, 0.05) is 30.0 Å². The van der Waals surface area contributed by atoms with Crippen LogP contribution in [0.15, 0.2) is 54.7 Å². The van der Waals surface area contributed by atoms with E-state index in [4.69, 9.17) is 0 Å². The average molecular weight is 359 g/mol. The molecule has 0 aliphatic carbocycles. The number of para-hydroxylation sites is 1. The average Bonchev–Trinajstić information content (AvgIpc) is 3.01. The molecule has 6 nitrogen and oxygen atoms in total. The summed E-state index contributed by atoms with van der Waals surface area (Å²) in [5.74, 6) is -0.693. The van der Waals surface area contributed by atoms with Gasteiger partial charge in [-0.3, -0.25) is 24.3 Å². The highest BCUT2D eigenvalue weighted by Gasteiger charge is 2.30. The lowest BCUT2D eigenvalue weighted by Crippen LogP contribution is -2.28. The Morgan fingerprint density at radius 1 is 1.00 bits per heavy atom. The van der Waals surface area contributed by atoms with Crippen LogP contribution in [0.3, 0.4) is 0 Å². The van der Waals surface area contributed by atoms with Crippen molar-refractivity contribution in [2.75, 3.05) is 10.2 Å². The number of imide groups is 1. The lowest BCUT2D eigenvalue weighted by molar-refractivity contribution is -0.121. The molecule has 0 bridgehead atoms. The molecule has 6 heteroatoms. The van der Waals surface area contributed by atoms with Crippen LogP contribution in [-0.4, -0.2) is 22.7 Å². The summed E-state index contributed by atoms with van der Waals surface area (Å²) in [5.41, 5.74) is 3.49. The van der Waals surface area contributed by atoms with E-state index in [1.807, 2.05) is 25.1 Å². The molecule has 0 unspecified atom stereocenters. The Balaban J connectivity index is 1.58. The Hall–Kier alpha value is -3.54. The van der Waals surface area contributed by atoms with Crippen LogP contribution in [0.4, 0.5) is 11.4 Å². The molecule has 27 heavy (non-hydrogen) atoms. The minimum absolute atomic E-state index is 0.212. The predicted octanol–water partition coefficient (Wildman–Crippen LogP) is 3.45. The minimum Gasteiger partial charge on any atom is -0.321 e. The Labute approximate surface area is 155 Å². The molecule has 3 aromatic rings. The first kappa shape index (κ1) is 16.9. The number of benzene rings is 2. The highest BCUT2D eigenvalue weighted by atomic mass is 16.2. The van der Waals surface area contributed by atoms with E-state index < -0.39 is 0 Å². The number of nitrogens with one attached hydrogen (secondary N) is 1. The minimum atomic E-state index is -0.269. The molecule has 1 aromatic heterocycles. The molecule has 2 aromatic carbocycles. The van der Waals surface area contributed by atoms with Gasteiger partial charge in [0.15, 0.2) is 0 Å². The van der Waals surface area contributed by atoms with E-state index >= 15 is 0 Å². The zero-order valence-corrected chi connectivity index (χ0v) is 14.7. The summed E-state index contributed by atoms with van der Waals surface area (Å²) in [4.78, 5) is 41.8. The summed E-state index contributed by atoms with van der Waals surface area (Å²) >= 11 is 0. The van der Waals surface area contributed by atoms with Gasteiger partial charge in [0.2, 0.25) is 11.8 Å². The summed E-state index contributed by atoms with van der Waals surface area (Å²) in [7, 11) is 0. The van der Waals surface area contributed by atoms with Crippen LogP contribution in [0, 0.1) is 6.92 Å². The summed E-state index contributed by atoms with van der Waals surface area (Å²) in [6.45, 7) is 1.97. The van der Waals surface area contributed by atoms with E-state index in [1.54, 1.807) is 36.5 Å². The predicted molar refractivity (Wildman–Crippen MR) is 103 cm³/mol. The highest BCUT2D eigenvalue weighted by molar-refractivity contribution is 6.20. The Bertz CT molecular complexity index is 1060. The number of carbonyl (C=O) groups is 3. The molecule has 2 heterocycles. The molecule has 0 saturated carbocycles. The maximum absolute atomic E-state index is 12.6. The number of fused-ring (bicyclic) bond motifs is 1. The van der Waals surface area contributed by atoms with Crippen molar-refractivity contribution >= 4 is 40.0 Å². The van der Waals surface area contributed by atoms with Gasteiger partial charge in [-0.25, -0.2) is 0 Å². The Kier molecular flexibility index (Phi) is 4.16. The van der Waals surface area contributed by atoms with Gasteiger partial charge in [0.1, 0.15) is 0 Å². The van der Waals surface area contributed by atoms with Crippen LogP contribution in [0.1, 0.15) is 28.8 Å². The SMILES string of the molecule is Cc1cccc2c(NC(=O)c3ccc(N4C(=O)CCC4=O)cc3)ccnc12. The monoisotopic (exact) mass is 359 g/mol. The fourth-order valence-electron chi connectivity index (χ4n) is 3.25. The van der Waals surface area contributed by atoms with Crippen LogP contribution in [0.2, 0.25) is 0 Å². The largest absolute Gasteiger partial charge is 0.321 e. The van der Waals surface area contributed by atoms with Crippen molar-refractivity contribution in [3.8, 4) is 0 Å². The van der Waals surface area contributed by atoms with Crippen LogP contribution in [0.5, 0.6) is 0 Å². The molecular formula is C21H17N3O3. The number of pyridine rings is 1. The zero-order chi connectivity index (χ0) is 19.0. The summed E-state index contributed by atoms with van der Waals surface area (Å²) in [5, 5.41) is 3.78. The van der Waals surface area contributed by atoms with Crippen LogP contribution in [-0.2, 0) is 9.59 Å². The summed E-state index contributed by atoms with van der Waals surface area (Å²) < 4.78 is 0. The first-order valence-corrected chi connectivity index (χ1v) is 8.66. The van der Waals surface area contributed by atoms with Crippen LogP contribution in [0.25, 0.3) is 10.9 Å². The van der Waals surface area contributed by atoms with Gasteiger partial charge < -0.3 is 5.32 Å². The fraction of sp³-hybridized carbons (Fsp3) is 0.143. The topological polar surface area (TPSA) is 79.4 Å². The second-order valence-corrected chi connectivity index (χ2v) is 6.45. The van der Waals surface area contributed by atoms with E-state index in [0.29, 0.717) is 16.9 Å². The third-order valence-corrected chi connectivity index (χ3v) is 4.66. The normalized spacial score (nSPS) is 14.0. The molecule has 1 fully saturated rings. The summed E-state index contributed by atoms with van der Waals surface area (Å²) in [6.07, 6.45) is 2.13. The van der Waals surface area contributed by atoms with Crippen molar-refractivity contribution < 1.29 is 14.4 Å². The number of carbonyl (C=O) groups excluding carboxylic acids is 3. The van der Waals surface area contributed by atoms with Gasteiger partial charge in [-0.1, -0.05) is 18.2 Å². The third kappa shape index (κ3) is 3.06. The Morgan fingerprint density at radius 3 is 2.41 bits per heavy atom. The van der Waals surface area contributed by atoms with E-state index in [2.05, 4.69) is 10.3 Å². The molecule has 1 aliphatic rings. The molecular weight excluding hydrogens is 342 g/mol. The molecule has 0 spiro atoms. The van der Waals surface area contributed by atoms with Crippen LogP contribution >= 0.6 is 0 Å². The lowest BCUT2D eigenvalue weighted by atomic mass is 10.1. The van der Waals surface area contributed by atoms with Gasteiger partial charge in [0.25, 0.3) is 5.91 Å². The van der Waals surface area contributed by atoms with E-state index in [0.717, 1.165) is 16.5 Å². The van der Waals surface area contributed by atoms with E-state index in [-0.39, 0.29) is 30.6 Å². The number of hydrogen-bond donors (Lipinski definition) is 1. The number of amides is 3. The molecule has 1 aliphatic heterocycles. The maximum atomic E-state index is 12.6. The third-order valence-electron chi connectivity index (χ3n) is 4.66. The van der Waals surface area contributed by atoms with Crippen molar-refractivity contribution in [2.24, 2.45) is 0 Å². The quantitative estimate of drug-likeness (QED) is 0.727. The first-order valence-electron chi connectivity index (χ1n) is 8.66. The molecule has 0 atom stereocenters. The lowest BCUT2D eigenvalue weighted by Gasteiger charge is -2.14. The smallest absolute Gasteiger partial charge is 0.255 e. The number of aromatic nitrogens is 1. The van der Waals surface area contributed by atoms with E-state index in [9.17, 15) is 14.4 Å². The van der Waals surface area contributed by atoms with Crippen molar-refractivity contribution in [1.29, 1.82) is 0 Å². The number of aryl methyl sites for hydroxylation is 1. The molecule has 134 valence electrons. The highest BCUT2D eigenvalue weighted by Crippen LogP contribution is 2.25. The van der Waals surface area contributed by atoms with Gasteiger partial charge in [-0.05, 0) is 42.8 Å². The van der Waals surface area contributed by atoms with Crippen molar-refractivity contribution in [1.82, 2.24) is 4.98 Å². The van der Waals surface area contributed by atoms with Crippen molar-refractivity contribution in [3.05, 3.63) is 65.9 Å². The number of rotatable bonds is 3. The second-order valence-electron chi connectivity index (χ2n) is 6.45. The Morgan fingerprint density at radius 2 is 1.70 bits per heavy atom. The van der Waals surface area contributed by atoms with Crippen molar-refractivity contribution in [3.63, 3.8) is 0 Å². The number of nitrogens with zero attached hydrogens (tertiary/aromatic N) is 2. The van der Waals surface area contributed by atoms with Gasteiger partial charge in [-0.2, -0.15) is 0 Å². The molecule has 1 N–H and O–H groups in total. The summed E-state index contributed by atoms with van der Waals surface area (Å²) in [6, 6.07) is 14.0. The van der Waals surface area contributed by atoms with Crippen LogP contribution < -0.4 is 10.2 Å². The first-order chi connectivity index (χ1) is 13.0. The van der Waals surface area contributed by atoms with Gasteiger partial charge in [-0.15, -0.1) is 0 Å². The van der Waals surface area contributed by atoms with Gasteiger partial charge in [0.05, 0.1) is 16.9 Å². The van der Waals surface area contributed by atoms with Gasteiger partial charge >= 0.3 is 0 Å². The second kappa shape index (κ2) is 6.64. The number of anilines is 2. The fourth-order valence-corrected chi connectivity index (χ4v) is 3.25. The molecule has 3 amide bonds. The maximum Gasteiger partial charge on any atom is 0.255 e. The zero-order valence-electron chi connectivity index (χ0n) is 14.7. The van der Waals surface area contributed by atoms with Crippen molar-refractivity contribution in [2.45, 2.75) is 19.8 Å².